The molecule has 3 aliphatic rings. The van der Waals surface area contributed by atoms with E-state index in [4.69, 9.17) is 28.9 Å². The van der Waals surface area contributed by atoms with E-state index in [1.54, 1.807) is 44.5 Å². The number of aromatic nitrogens is 3. The maximum absolute atomic E-state index is 14.5. The zero-order valence-corrected chi connectivity index (χ0v) is 42.2. The van der Waals surface area contributed by atoms with Gasteiger partial charge in [0.1, 0.15) is 29.8 Å². The summed E-state index contributed by atoms with van der Waals surface area (Å²) in [6.07, 6.45) is -1.15. The van der Waals surface area contributed by atoms with Crippen LogP contribution in [0.4, 0.5) is 10.1 Å². The minimum atomic E-state index is -1.96. The van der Waals surface area contributed by atoms with Gasteiger partial charge in [-0.05, 0) is 91.8 Å². The molecule has 0 saturated carbocycles. The van der Waals surface area contributed by atoms with Gasteiger partial charge >= 0.3 is 5.97 Å². The smallest absolute Gasteiger partial charge is 0.316 e. The largest absolute Gasteiger partial charge is 0.459 e. The van der Waals surface area contributed by atoms with Crippen LogP contribution >= 0.6 is 0 Å². The summed E-state index contributed by atoms with van der Waals surface area (Å²) < 4.78 is 40.2. The number of halogens is 1. The lowest BCUT2D eigenvalue weighted by molar-refractivity contribution is -0.384. The number of alkyl halides is 1. The van der Waals surface area contributed by atoms with Gasteiger partial charge in [0.2, 0.25) is 0 Å². The molecule has 14 atom stereocenters. The molecule has 20 heteroatoms. The summed E-state index contributed by atoms with van der Waals surface area (Å²) in [6.45, 7) is 16.1. The predicted molar refractivity (Wildman–Crippen MR) is 254 cm³/mol. The second-order valence-corrected chi connectivity index (χ2v) is 20.1. The monoisotopic (exact) mass is 976 g/mol. The first-order chi connectivity index (χ1) is 32.6. The SMILES string of the molecule is CC[C@H]1OC(=O)[C@H](C)C(=O)[C@H](C)[C@@H](O[C@@H]2O[C@H](C)C[C@H](N(C)CCc3cn(CCc4ccc([N+](=O)[O-])cc4)nn3)[C@H]2O)[C@](C)(OC)C[C@@H](C)C(=NO[C@@H]2CCCN(CCCF)C2)[C@H](C)[C@@H](O)[C@]1(C)O. The van der Waals surface area contributed by atoms with Crippen LogP contribution in [-0.2, 0) is 52.8 Å². The zero-order valence-electron chi connectivity index (χ0n) is 42.2. The number of nitro groups is 1. The fourth-order valence-electron chi connectivity index (χ4n) is 10.3. The molecule has 0 aliphatic carbocycles. The van der Waals surface area contributed by atoms with Crippen LogP contribution in [0.3, 0.4) is 0 Å². The van der Waals surface area contributed by atoms with Gasteiger partial charge < -0.3 is 44.0 Å². The van der Waals surface area contributed by atoms with Gasteiger partial charge in [-0.25, -0.2) is 0 Å². The van der Waals surface area contributed by atoms with Crippen LogP contribution in [-0.4, -0.2) is 170 Å². The number of oxime groups is 1. The number of non-ortho nitro benzene ring substituents is 1. The molecule has 0 bridgehead atoms. The van der Waals surface area contributed by atoms with Crippen molar-refractivity contribution in [2.24, 2.45) is 28.8 Å². The van der Waals surface area contributed by atoms with Crippen molar-refractivity contribution in [3.63, 3.8) is 0 Å². The minimum Gasteiger partial charge on any atom is -0.459 e. The standard InChI is InChI=1S/C49H78FN7O12/c1-11-40-49(8,62)44(60)32(4)41(52-69-38-14-12-22-55(29-38)23-13-21-50)30(2)27-48(7,65-10)45(33(5)42(58)34(6)46(61)67-40)68-47-43(59)39(26-31(3)66-47)54(9)24-20-36-28-56(53-51-36)25-19-35-15-17-37(18-16-35)57(63)64/h15-18,28,30-34,38-40,43-45,47,59-60,62H,11-14,19-27,29H2,1-10H3/t30-,31-,32+,33+,34-,38-,39+,40-,43-,44-,45-,47+,48-,49-/m1/s1. The molecule has 1 aromatic carbocycles. The fourth-order valence-corrected chi connectivity index (χ4v) is 10.3. The van der Waals surface area contributed by atoms with E-state index in [9.17, 15) is 39.4 Å². The van der Waals surface area contributed by atoms with Crippen LogP contribution in [0.15, 0.2) is 35.6 Å². The summed E-state index contributed by atoms with van der Waals surface area (Å²) in [6, 6.07) is 5.98. The number of aliphatic hydroxyl groups is 3. The molecule has 3 aliphatic heterocycles. The molecule has 19 nitrogen and oxygen atoms in total. The summed E-state index contributed by atoms with van der Waals surface area (Å²) in [5.41, 5.74) is -1.15. The summed E-state index contributed by atoms with van der Waals surface area (Å²) in [4.78, 5) is 49.3. The number of hydrogen-bond donors (Lipinski definition) is 3. The lowest BCUT2D eigenvalue weighted by atomic mass is 9.74. The van der Waals surface area contributed by atoms with E-state index in [2.05, 4.69) is 15.2 Å². The third-order valence-corrected chi connectivity index (χ3v) is 14.7. The number of likely N-dealkylation sites (N-methyl/N-ethyl adjacent to an activating group) is 1. The third-order valence-electron chi connectivity index (χ3n) is 14.7. The van der Waals surface area contributed by atoms with Crippen LogP contribution in [0.25, 0.3) is 0 Å². The van der Waals surface area contributed by atoms with Crippen molar-refractivity contribution in [3.05, 3.63) is 51.8 Å². The molecule has 5 rings (SSSR count). The first kappa shape index (κ1) is 55.9. The molecule has 4 heterocycles. The number of methoxy groups -OCH3 is 1. The molecule has 0 radical (unpaired) electrons. The number of nitrogens with zero attached hydrogens (tertiary/aromatic N) is 7. The molecule has 0 spiro atoms. The molecule has 3 fully saturated rings. The number of benzene rings is 1. The molecule has 69 heavy (non-hydrogen) atoms. The highest BCUT2D eigenvalue weighted by Gasteiger charge is 2.52. The van der Waals surface area contributed by atoms with Gasteiger partial charge in [-0.1, -0.05) is 50.2 Å². The molecule has 0 unspecified atom stereocenters. The van der Waals surface area contributed by atoms with Crippen LogP contribution < -0.4 is 0 Å². The van der Waals surface area contributed by atoms with E-state index in [0.29, 0.717) is 57.6 Å². The van der Waals surface area contributed by atoms with Crippen molar-refractivity contribution in [3.8, 4) is 0 Å². The number of aliphatic hydroxyl groups excluding tert-OH is 2. The average Bonchev–Trinajstić information content (AvgIpc) is 3.80. The molecule has 0 amide bonds. The highest BCUT2D eigenvalue weighted by molar-refractivity contribution is 6.00. The molecule has 3 N–H and O–H groups in total. The lowest BCUT2D eigenvalue weighted by Gasteiger charge is -2.47. The van der Waals surface area contributed by atoms with Crippen LogP contribution in [0.2, 0.25) is 0 Å². The van der Waals surface area contributed by atoms with Gasteiger partial charge in [0.05, 0.1) is 46.9 Å². The first-order valence-corrected chi connectivity index (χ1v) is 24.7. The van der Waals surface area contributed by atoms with E-state index in [1.165, 1.54) is 33.1 Å². The van der Waals surface area contributed by atoms with Gasteiger partial charge in [0.15, 0.2) is 12.1 Å². The van der Waals surface area contributed by atoms with Crippen molar-refractivity contribution in [1.82, 2.24) is 24.8 Å². The number of ether oxygens (including phenoxy) is 4. The summed E-state index contributed by atoms with van der Waals surface area (Å²) in [7, 11) is 3.40. The number of piperidine rings is 1. The number of nitro benzene ring substituents is 1. The maximum Gasteiger partial charge on any atom is 0.316 e. The van der Waals surface area contributed by atoms with Crippen molar-refractivity contribution in [2.45, 2.75) is 173 Å². The topological polar surface area (TPSA) is 234 Å². The molecular formula is C49H78FN7O12. The summed E-state index contributed by atoms with van der Waals surface area (Å²) in [5.74, 6) is -5.05. The Morgan fingerprint density at radius 3 is 2.43 bits per heavy atom. The minimum absolute atomic E-state index is 0.0342. The Morgan fingerprint density at radius 2 is 1.78 bits per heavy atom. The number of aryl methyl sites for hydroxylation is 2. The van der Waals surface area contributed by atoms with Crippen LogP contribution in [0, 0.1) is 33.8 Å². The number of esters is 1. The maximum atomic E-state index is 14.5. The second kappa shape index (κ2) is 24.9. The van der Waals surface area contributed by atoms with Gasteiger partial charge in [-0.3, -0.25) is 33.7 Å². The van der Waals surface area contributed by atoms with E-state index in [-0.39, 0.29) is 30.7 Å². The Labute approximate surface area is 406 Å². The molecule has 3 saturated heterocycles. The van der Waals surface area contributed by atoms with Crippen molar-refractivity contribution in [1.29, 1.82) is 0 Å². The van der Waals surface area contributed by atoms with Crippen LogP contribution in [0.1, 0.15) is 105 Å². The average molecular weight is 976 g/mol. The number of rotatable bonds is 17. The van der Waals surface area contributed by atoms with E-state index < -0.39 is 95.0 Å². The number of likely N-dealkylation sites (tertiary alicyclic amines) is 1. The van der Waals surface area contributed by atoms with Crippen molar-refractivity contribution >= 4 is 23.2 Å². The Morgan fingerprint density at radius 1 is 1.07 bits per heavy atom. The van der Waals surface area contributed by atoms with Gasteiger partial charge in [0.25, 0.3) is 5.69 Å². The number of carbonyl (C=O) groups excluding carboxylic acids is 2. The Balaban J connectivity index is 1.39. The number of Topliss-reactive ketones (excluding diaryl/α,β-unsaturated/α-hetero) is 1. The van der Waals surface area contributed by atoms with E-state index >= 15 is 0 Å². The van der Waals surface area contributed by atoms with Gasteiger partial charge in [0, 0.05) is 81.8 Å². The molecule has 388 valence electrons. The van der Waals surface area contributed by atoms with Gasteiger partial charge in [-0.15, -0.1) is 5.10 Å². The Bertz CT molecular complexity index is 2010. The summed E-state index contributed by atoms with van der Waals surface area (Å²) in [5, 5.41) is 60.4. The lowest BCUT2D eigenvalue weighted by Crippen LogP contribution is -2.60. The fraction of sp³-hybridized carbons (Fsp3) is 0.776. The first-order valence-electron chi connectivity index (χ1n) is 24.7. The molecular weight excluding hydrogens is 898 g/mol. The van der Waals surface area contributed by atoms with Crippen molar-refractivity contribution in [2.75, 3.05) is 47.0 Å². The summed E-state index contributed by atoms with van der Waals surface area (Å²) >= 11 is 0. The van der Waals surface area contributed by atoms with E-state index in [1.807, 2.05) is 32.0 Å². The second-order valence-electron chi connectivity index (χ2n) is 20.1. The number of carbonyl (C=O) groups is 2. The highest BCUT2D eigenvalue weighted by atomic mass is 19.1. The number of ketones is 1. The van der Waals surface area contributed by atoms with Crippen LogP contribution in [0.5, 0.6) is 0 Å². The third kappa shape index (κ3) is 14.1. The quantitative estimate of drug-likeness (QED) is 0.0843. The Hall–Kier alpha value is -4.02. The zero-order chi connectivity index (χ0) is 50.8. The molecule has 1 aromatic heterocycles. The number of cyclic esters (lactones) is 1. The normalized spacial score (nSPS) is 35.2. The molecule has 2 aromatic rings. The van der Waals surface area contributed by atoms with Crippen molar-refractivity contribution < 1.29 is 58.0 Å². The Kier molecular flexibility index (Phi) is 20.2. The van der Waals surface area contributed by atoms with E-state index in [0.717, 1.165) is 30.6 Å². The highest BCUT2D eigenvalue weighted by Crippen LogP contribution is 2.39. The van der Waals surface area contributed by atoms with Gasteiger partial charge in [-0.2, -0.15) is 0 Å². The number of hydrogen-bond acceptors (Lipinski definition) is 17. The predicted octanol–water partition coefficient (Wildman–Crippen LogP) is 4.71.